The molecular weight excluding hydrogens is 575 g/mol. The van der Waals surface area contributed by atoms with Gasteiger partial charge in [-0.15, -0.1) is 0 Å². The smallest absolute Gasteiger partial charge is 0.457 e. The molecule has 2 heterocycles. The predicted molar refractivity (Wildman–Crippen MR) is 173 cm³/mol. The van der Waals surface area contributed by atoms with Crippen molar-refractivity contribution in [3.8, 4) is 11.8 Å². The second-order valence-electron chi connectivity index (χ2n) is 15.5. The second-order valence-corrected chi connectivity index (χ2v) is 15.5. The molecule has 240 valence electrons. The number of likely N-dealkylation sites (tertiary alicyclic amines) is 1. The van der Waals surface area contributed by atoms with Crippen molar-refractivity contribution >= 4 is 32.5 Å². The monoisotopic (exact) mass is 624 g/mol. The summed E-state index contributed by atoms with van der Waals surface area (Å²) < 4.78 is 25.2. The Bertz CT molecular complexity index is 1330. The fourth-order valence-electron chi connectivity index (χ4n) is 8.48. The maximum absolute atomic E-state index is 13.5. The number of rotatable bonds is 7. The molecule has 6 aliphatic rings. The van der Waals surface area contributed by atoms with Crippen molar-refractivity contribution < 1.29 is 28.4 Å². The lowest BCUT2D eigenvalue weighted by molar-refractivity contribution is -0.199. The molecule has 0 spiro atoms. The van der Waals surface area contributed by atoms with Crippen LogP contribution >= 0.6 is 13.5 Å². The highest BCUT2D eigenvalue weighted by Crippen LogP contribution is 2.65. The minimum atomic E-state index is -0.648. The Morgan fingerprint density at radius 1 is 1.14 bits per heavy atom. The van der Waals surface area contributed by atoms with E-state index in [-0.39, 0.29) is 56.2 Å². The molecule has 1 amide bonds. The highest BCUT2D eigenvalue weighted by molar-refractivity contribution is 7.59. The quantitative estimate of drug-likeness (QED) is 0.277. The van der Waals surface area contributed by atoms with Gasteiger partial charge in [-0.2, -0.15) is 18.8 Å². The van der Waals surface area contributed by atoms with Gasteiger partial charge < -0.3 is 23.7 Å². The van der Waals surface area contributed by atoms with Crippen molar-refractivity contribution in [3.05, 3.63) is 28.8 Å². The van der Waals surface area contributed by atoms with Gasteiger partial charge in [-0.25, -0.2) is 4.79 Å². The van der Waals surface area contributed by atoms with Crippen molar-refractivity contribution in [2.75, 3.05) is 13.1 Å². The zero-order chi connectivity index (χ0) is 30.9. The van der Waals surface area contributed by atoms with Gasteiger partial charge in [0.05, 0.1) is 30.9 Å². The molecule has 6 fully saturated rings. The molecule has 1 aromatic rings. The number of hydrogen-bond donors (Lipinski definition) is 0. The van der Waals surface area contributed by atoms with Crippen molar-refractivity contribution in [3.63, 3.8) is 0 Å². The Labute approximate surface area is 270 Å². The molecule has 1 aromatic carbocycles. The maximum atomic E-state index is 13.5. The summed E-state index contributed by atoms with van der Waals surface area (Å²) >= 11 is 0. The molecule has 2 saturated heterocycles. The summed E-state index contributed by atoms with van der Waals surface area (Å²) in [4.78, 5) is 28.2. The highest BCUT2D eigenvalue weighted by Gasteiger charge is 2.67. The van der Waals surface area contributed by atoms with Gasteiger partial charge in [0.25, 0.3) is 0 Å². The Morgan fingerprint density at radius 3 is 2.50 bits per heavy atom. The molecule has 0 unspecified atom stereocenters. The molecule has 44 heavy (non-hydrogen) atoms. The normalized spacial score (nSPS) is 32.1. The van der Waals surface area contributed by atoms with Crippen molar-refractivity contribution in [2.24, 2.45) is 29.1 Å². The molecule has 6 atom stereocenters. The number of hydrogen-bond acceptors (Lipinski definition) is 7. The minimum Gasteiger partial charge on any atom is -0.486 e. The molecule has 0 N–H and O–H groups in total. The van der Waals surface area contributed by atoms with E-state index < -0.39 is 11.6 Å². The van der Waals surface area contributed by atoms with E-state index >= 15 is 0 Å². The maximum Gasteiger partial charge on any atom is 0.457 e. The Kier molecular flexibility index (Phi) is 8.94. The van der Waals surface area contributed by atoms with E-state index in [1.54, 1.807) is 0 Å². The first-order valence-corrected chi connectivity index (χ1v) is 16.2. The summed E-state index contributed by atoms with van der Waals surface area (Å²) in [6.07, 6.45) is 5.90. The molecule has 7 rings (SSSR count). The van der Waals surface area contributed by atoms with Gasteiger partial charge in [-0.05, 0) is 114 Å². The third-order valence-electron chi connectivity index (χ3n) is 11.2. The largest absolute Gasteiger partial charge is 0.486 e. The Hall–Kier alpha value is -2.22. The van der Waals surface area contributed by atoms with E-state index in [0.29, 0.717) is 60.8 Å². The summed E-state index contributed by atoms with van der Waals surface area (Å²) in [7, 11) is -0.257. The molecule has 4 saturated carbocycles. The van der Waals surface area contributed by atoms with Crippen LogP contribution in [0.5, 0.6) is 5.75 Å². The first-order chi connectivity index (χ1) is 20.2. The Morgan fingerprint density at radius 2 is 1.86 bits per heavy atom. The predicted octanol–water partition coefficient (Wildman–Crippen LogP) is 5.86. The van der Waals surface area contributed by atoms with E-state index in [4.69, 9.17) is 18.8 Å². The third kappa shape index (κ3) is 5.89. The van der Waals surface area contributed by atoms with Crippen LogP contribution in [-0.4, -0.2) is 60.4 Å². The number of carbonyl (C=O) groups excluding carboxylic acids is 2. The van der Waals surface area contributed by atoms with Crippen molar-refractivity contribution in [2.45, 2.75) is 117 Å². The average Bonchev–Trinajstić information content (AvgIpc) is 3.52. The summed E-state index contributed by atoms with van der Waals surface area (Å²) in [5.74, 6) is 1.35. The van der Waals surface area contributed by atoms with Crippen molar-refractivity contribution in [1.29, 1.82) is 5.26 Å². The lowest BCUT2D eigenvalue weighted by atomic mass is 9.43. The van der Waals surface area contributed by atoms with Crippen LogP contribution in [0, 0.1) is 47.3 Å². The van der Waals surface area contributed by atoms with E-state index in [9.17, 15) is 14.9 Å². The molecule has 2 bridgehead atoms. The third-order valence-corrected chi connectivity index (χ3v) is 11.2. The number of aryl methyl sites for hydroxylation is 1. The van der Waals surface area contributed by atoms with Gasteiger partial charge in [-0.1, -0.05) is 19.9 Å². The van der Waals surface area contributed by atoms with Crippen LogP contribution in [0.2, 0.25) is 6.32 Å². The van der Waals surface area contributed by atoms with Crippen LogP contribution in [0.25, 0.3) is 0 Å². The van der Waals surface area contributed by atoms with Crippen LogP contribution in [0.1, 0.15) is 95.1 Å². The first-order valence-electron chi connectivity index (χ1n) is 16.2. The molecular formula is C34H49BN2O6S. The van der Waals surface area contributed by atoms with Crippen molar-refractivity contribution in [1.82, 2.24) is 4.90 Å². The van der Waals surface area contributed by atoms with Crippen LogP contribution in [-0.2, 0) is 25.3 Å². The second kappa shape index (κ2) is 11.9. The zero-order valence-corrected chi connectivity index (χ0v) is 28.4. The molecule has 8 nitrogen and oxygen atoms in total. The van der Waals surface area contributed by atoms with Gasteiger partial charge in [0.2, 0.25) is 5.91 Å². The summed E-state index contributed by atoms with van der Waals surface area (Å²) in [5.41, 5.74) is 1.76. The minimum absolute atomic E-state index is 0. The number of amides is 1. The summed E-state index contributed by atoms with van der Waals surface area (Å²) in [6.45, 7) is 15.5. The Balaban J connectivity index is 0.00000384. The number of ether oxygens (including phenoxy) is 2. The van der Waals surface area contributed by atoms with Gasteiger partial charge in [0.15, 0.2) is 0 Å². The molecule has 10 heteroatoms. The molecule has 2 aliphatic heterocycles. The topological polar surface area (TPSA) is 98.1 Å². The summed E-state index contributed by atoms with van der Waals surface area (Å²) in [6, 6.07) is 6.20. The number of nitriles is 1. The van der Waals surface area contributed by atoms with Crippen LogP contribution in [0.3, 0.4) is 0 Å². The van der Waals surface area contributed by atoms with Crippen LogP contribution in [0.15, 0.2) is 12.1 Å². The van der Waals surface area contributed by atoms with Gasteiger partial charge in [0, 0.05) is 11.8 Å². The van der Waals surface area contributed by atoms with Crippen LogP contribution in [0.4, 0.5) is 0 Å². The zero-order valence-electron chi connectivity index (χ0n) is 27.4. The van der Waals surface area contributed by atoms with Gasteiger partial charge in [-0.3, -0.25) is 4.79 Å². The molecule has 0 radical (unpaired) electrons. The lowest BCUT2D eigenvalue weighted by Crippen LogP contribution is -2.65. The van der Waals surface area contributed by atoms with Crippen LogP contribution < -0.4 is 4.74 Å². The van der Waals surface area contributed by atoms with E-state index in [2.05, 4.69) is 26.8 Å². The number of nitrogens with zero attached hydrogens (tertiary/aromatic N) is 2. The molecule has 0 aromatic heterocycles. The SMILES string of the molecule is Cc1c(CCB2O[C@@H]3C[C@@H]4C[C@@H](C4(C)C)[C@]3(C)O2)ccc(OC2CN(C(=O)[C@H]3CC[C@@H](C#N)C3)C2)c1C(=O)OC(C)(C)C.S. The van der Waals surface area contributed by atoms with E-state index in [1.165, 1.54) is 6.42 Å². The van der Waals surface area contributed by atoms with E-state index in [0.717, 1.165) is 30.4 Å². The number of benzene rings is 1. The summed E-state index contributed by atoms with van der Waals surface area (Å²) in [5, 5.41) is 9.19. The van der Waals surface area contributed by atoms with Gasteiger partial charge >= 0.3 is 13.1 Å². The fourth-order valence-corrected chi connectivity index (χ4v) is 8.48. The highest BCUT2D eigenvalue weighted by atomic mass is 32.1. The standard InChI is InChI=1S/C34H47BN2O6.H2S/c1-20-22(12-13-35-42-28-16-24-15-27(33(24,5)6)34(28,7)43-35)10-11-26(29(20)31(39)41-32(2,3)4)40-25-18-37(19-25)30(38)23-9-8-21(14-23)17-36;/h10-11,21,23-25,27-28H,8-9,12-16,18-19H2,1-7H3;1H2/t21-,23+,24+,27+,28-,34+;/m1./s1. The van der Waals surface area contributed by atoms with E-state index in [1.807, 2.05) is 44.7 Å². The van der Waals surface area contributed by atoms with Gasteiger partial charge in [0.1, 0.15) is 23.0 Å². The number of carbonyl (C=O) groups is 2. The number of esters is 1. The lowest BCUT2D eigenvalue weighted by Gasteiger charge is -2.64. The fraction of sp³-hybridized carbons (Fsp3) is 0.735. The molecule has 4 aliphatic carbocycles. The average molecular weight is 625 g/mol. The first kappa shape index (κ1) is 33.2.